The van der Waals surface area contributed by atoms with E-state index in [1.807, 2.05) is 13.0 Å². The van der Waals surface area contributed by atoms with Gasteiger partial charge in [0, 0.05) is 19.8 Å². The van der Waals surface area contributed by atoms with Crippen molar-refractivity contribution in [1.82, 2.24) is 19.7 Å². The molecule has 0 spiro atoms. The van der Waals surface area contributed by atoms with Crippen LogP contribution < -0.4 is 5.32 Å². The highest BCUT2D eigenvalue weighted by molar-refractivity contribution is 6.32. The molecule has 2 heterocycles. The third-order valence-electron chi connectivity index (χ3n) is 2.64. The highest BCUT2D eigenvalue weighted by atomic mass is 35.5. The Balaban J connectivity index is 2.20. The second-order valence-corrected chi connectivity index (χ2v) is 4.29. The van der Waals surface area contributed by atoms with Crippen LogP contribution in [0.1, 0.15) is 6.92 Å². The molecule has 0 saturated carbocycles. The largest absolute Gasteiger partial charge is 0.328 e. The lowest BCUT2D eigenvalue weighted by Crippen LogP contribution is -2.30. The van der Waals surface area contributed by atoms with Gasteiger partial charge in [-0.25, -0.2) is 9.48 Å². The summed E-state index contributed by atoms with van der Waals surface area (Å²) < 4.78 is 1.57. The molecule has 0 saturated heterocycles. The van der Waals surface area contributed by atoms with E-state index in [0.29, 0.717) is 12.2 Å². The number of nitrogens with zero attached hydrogens (tertiary/aromatic N) is 4. The number of carbonyl (C=O) groups excluding carboxylic acids is 1. The fraction of sp³-hybridized carbons (Fsp3) is 0.250. The highest BCUT2D eigenvalue weighted by Crippen LogP contribution is 2.21. The highest BCUT2D eigenvalue weighted by Gasteiger charge is 2.13. The standard InChI is InChI=1S/C12H14ClN5O/c1-3-17(2)12(19)15-10-8-18(16-11(10)13)9-5-4-6-14-7-9/h4-8H,3H2,1-2H3,(H,15,19). The topological polar surface area (TPSA) is 63.1 Å². The van der Waals surface area contributed by atoms with Crippen molar-refractivity contribution in [2.45, 2.75) is 6.92 Å². The predicted octanol–water partition coefficient (Wildman–Crippen LogP) is 2.40. The number of rotatable bonds is 3. The first-order chi connectivity index (χ1) is 9.11. The predicted molar refractivity (Wildman–Crippen MR) is 73.7 cm³/mol. The molecule has 0 aliphatic heterocycles. The average Bonchev–Trinajstić information content (AvgIpc) is 2.80. The van der Waals surface area contributed by atoms with Gasteiger partial charge in [0.2, 0.25) is 0 Å². The lowest BCUT2D eigenvalue weighted by Gasteiger charge is -2.14. The number of hydrogen-bond donors (Lipinski definition) is 1. The summed E-state index contributed by atoms with van der Waals surface area (Å²) in [6.45, 7) is 2.50. The van der Waals surface area contributed by atoms with Crippen LogP contribution in [-0.2, 0) is 0 Å². The maximum atomic E-state index is 11.7. The summed E-state index contributed by atoms with van der Waals surface area (Å²) in [6, 6.07) is 3.42. The van der Waals surface area contributed by atoms with Crippen LogP contribution in [0.3, 0.4) is 0 Å². The molecule has 1 N–H and O–H groups in total. The lowest BCUT2D eigenvalue weighted by molar-refractivity contribution is 0.224. The first-order valence-corrected chi connectivity index (χ1v) is 6.17. The Morgan fingerprint density at radius 1 is 1.58 bits per heavy atom. The second-order valence-electron chi connectivity index (χ2n) is 3.93. The van der Waals surface area contributed by atoms with E-state index in [0.717, 1.165) is 5.69 Å². The maximum Gasteiger partial charge on any atom is 0.321 e. The van der Waals surface area contributed by atoms with Gasteiger partial charge < -0.3 is 10.2 Å². The van der Waals surface area contributed by atoms with Crippen LogP contribution in [-0.4, -0.2) is 39.3 Å². The van der Waals surface area contributed by atoms with Crippen molar-refractivity contribution in [1.29, 1.82) is 0 Å². The molecule has 0 atom stereocenters. The Labute approximate surface area is 116 Å². The molecule has 0 radical (unpaired) electrons. The van der Waals surface area contributed by atoms with Crippen LogP contribution in [0.4, 0.5) is 10.5 Å². The van der Waals surface area contributed by atoms with Crippen LogP contribution >= 0.6 is 11.6 Å². The Kier molecular flexibility index (Phi) is 4.01. The van der Waals surface area contributed by atoms with Gasteiger partial charge in [-0.15, -0.1) is 0 Å². The van der Waals surface area contributed by atoms with Gasteiger partial charge in [0.15, 0.2) is 5.15 Å². The Bertz CT molecular complexity index is 569. The van der Waals surface area contributed by atoms with E-state index in [4.69, 9.17) is 11.6 Å². The number of halogens is 1. The van der Waals surface area contributed by atoms with E-state index in [1.54, 1.807) is 36.4 Å². The van der Waals surface area contributed by atoms with E-state index in [2.05, 4.69) is 15.4 Å². The van der Waals surface area contributed by atoms with Crippen molar-refractivity contribution >= 4 is 23.3 Å². The molecule has 7 heteroatoms. The van der Waals surface area contributed by atoms with Crippen LogP contribution in [0, 0.1) is 0 Å². The second kappa shape index (κ2) is 5.71. The zero-order chi connectivity index (χ0) is 13.8. The van der Waals surface area contributed by atoms with Gasteiger partial charge in [-0.3, -0.25) is 4.98 Å². The van der Waals surface area contributed by atoms with E-state index >= 15 is 0 Å². The fourth-order valence-corrected chi connectivity index (χ4v) is 1.59. The van der Waals surface area contributed by atoms with Crippen molar-refractivity contribution in [2.24, 2.45) is 0 Å². The van der Waals surface area contributed by atoms with Crippen molar-refractivity contribution in [3.05, 3.63) is 35.9 Å². The molecule has 0 fully saturated rings. The van der Waals surface area contributed by atoms with Gasteiger partial charge in [0.05, 0.1) is 18.1 Å². The first kappa shape index (κ1) is 13.4. The monoisotopic (exact) mass is 279 g/mol. The number of hydrogen-bond acceptors (Lipinski definition) is 3. The minimum absolute atomic E-state index is 0.227. The molecule has 2 rings (SSSR count). The van der Waals surface area contributed by atoms with Gasteiger partial charge in [0.1, 0.15) is 5.69 Å². The molecule has 0 unspecified atom stereocenters. The molecule has 0 bridgehead atoms. The molecular formula is C12H14ClN5O. The third kappa shape index (κ3) is 3.03. The molecule has 100 valence electrons. The molecule has 2 amide bonds. The van der Waals surface area contributed by atoms with Crippen LogP contribution in [0.25, 0.3) is 5.69 Å². The quantitative estimate of drug-likeness (QED) is 0.938. The molecular weight excluding hydrogens is 266 g/mol. The van der Waals surface area contributed by atoms with Crippen molar-refractivity contribution < 1.29 is 4.79 Å². The number of nitrogens with one attached hydrogen (secondary N) is 1. The number of amides is 2. The number of anilines is 1. The van der Waals surface area contributed by atoms with E-state index in [-0.39, 0.29) is 11.2 Å². The normalized spacial score (nSPS) is 10.3. The van der Waals surface area contributed by atoms with Crippen LogP contribution in [0.15, 0.2) is 30.7 Å². The molecule has 6 nitrogen and oxygen atoms in total. The smallest absolute Gasteiger partial charge is 0.321 e. The SMILES string of the molecule is CCN(C)C(=O)Nc1cn(-c2cccnc2)nc1Cl. The summed E-state index contributed by atoms with van der Waals surface area (Å²) >= 11 is 6.00. The molecule has 0 aliphatic rings. The molecule has 2 aromatic rings. The number of carbonyl (C=O) groups is 1. The van der Waals surface area contributed by atoms with Gasteiger partial charge in [-0.2, -0.15) is 5.10 Å². The van der Waals surface area contributed by atoms with Crippen molar-refractivity contribution in [2.75, 3.05) is 18.9 Å². The number of pyridine rings is 1. The summed E-state index contributed by atoms with van der Waals surface area (Å²) in [6.07, 6.45) is 4.99. The zero-order valence-electron chi connectivity index (χ0n) is 10.7. The minimum atomic E-state index is -0.227. The summed E-state index contributed by atoms with van der Waals surface area (Å²) in [5, 5.41) is 7.07. The van der Waals surface area contributed by atoms with Gasteiger partial charge >= 0.3 is 6.03 Å². The van der Waals surface area contributed by atoms with Crippen molar-refractivity contribution in [3.8, 4) is 5.69 Å². The maximum absolute atomic E-state index is 11.7. The van der Waals surface area contributed by atoms with E-state index in [1.165, 1.54) is 4.90 Å². The van der Waals surface area contributed by atoms with E-state index < -0.39 is 0 Å². The number of aromatic nitrogens is 3. The number of urea groups is 1. The zero-order valence-corrected chi connectivity index (χ0v) is 11.4. The van der Waals surface area contributed by atoms with Gasteiger partial charge in [0.25, 0.3) is 0 Å². The summed E-state index contributed by atoms with van der Waals surface area (Å²) in [5.41, 5.74) is 1.24. The van der Waals surface area contributed by atoms with Gasteiger partial charge in [-0.05, 0) is 19.1 Å². The Hall–Kier alpha value is -2.08. The summed E-state index contributed by atoms with van der Waals surface area (Å²) in [4.78, 5) is 17.3. The molecule has 0 aliphatic carbocycles. The molecule has 19 heavy (non-hydrogen) atoms. The van der Waals surface area contributed by atoms with Crippen molar-refractivity contribution in [3.63, 3.8) is 0 Å². The fourth-order valence-electron chi connectivity index (χ4n) is 1.41. The summed E-state index contributed by atoms with van der Waals surface area (Å²) in [5.74, 6) is 0. The molecule has 2 aromatic heterocycles. The average molecular weight is 280 g/mol. The van der Waals surface area contributed by atoms with Crippen LogP contribution in [0.2, 0.25) is 5.15 Å². The minimum Gasteiger partial charge on any atom is -0.328 e. The van der Waals surface area contributed by atoms with Gasteiger partial charge in [-0.1, -0.05) is 11.6 Å². The molecule has 0 aromatic carbocycles. The van der Waals surface area contributed by atoms with Crippen LogP contribution in [0.5, 0.6) is 0 Å². The Morgan fingerprint density at radius 3 is 3.00 bits per heavy atom. The summed E-state index contributed by atoms with van der Waals surface area (Å²) in [7, 11) is 1.70. The lowest BCUT2D eigenvalue weighted by atomic mass is 10.4. The first-order valence-electron chi connectivity index (χ1n) is 5.79. The Morgan fingerprint density at radius 2 is 2.37 bits per heavy atom. The van der Waals surface area contributed by atoms with E-state index in [9.17, 15) is 4.79 Å². The third-order valence-corrected chi connectivity index (χ3v) is 2.92.